The van der Waals surface area contributed by atoms with Gasteiger partial charge in [-0.15, -0.1) is 11.3 Å². The number of halogens is 1. The fourth-order valence-corrected chi connectivity index (χ4v) is 7.94. The Morgan fingerprint density at radius 1 is 0.722 bits per heavy atom. The number of aryl methyl sites for hydroxylation is 1. The molecule has 1 aliphatic heterocycles. The number of nitrogens with one attached hydrogen (secondary N) is 8. The first-order chi connectivity index (χ1) is 42.9. The fourth-order valence-electron chi connectivity index (χ4n) is 5.98. The Labute approximate surface area is 540 Å². The Morgan fingerprint density at radius 3 is 1.59 bits per heavy atom. The minimum absolute atomic E-state index is 0.0460. The van der Waals surface area contributed by atoms with Crippen molar-refractivity contribution in [1.82, 2.24) is 67.6 Å². The molecule has 1 aromatic heterocycles. The van der Waals surface area contributed by atoms with Crippen LogP contribution in [-0.4, -0.2) is 253 Å². The summed E-state index contributed by atoms with van der Waals surface area (Å²) in [4.78, 5) is 99.8. The van der Waals surface area contributed by atoms with E-state index in [1.54, 1.807) is 53.1 Å². The topological polar surface area (TPSA) is 412 Å². The number of para-hydroxylation sites is 1. The number of rotatable bonds is 28. The van der Waals surface area contributed by atoms with Crippen LogP contribution in [-0.2, 0) is 44.1 Å². The van der Waals surface area contributed by atoms with Crippen LogP contribution in [0.1, 0.15) is 72.8 Å². The number of carbonyl (C=O) groups is 8. The molecule has 90 heavy (non-hydrogen) atoms. The van der Waals surface area contributed by atoms with Crippen molar-refractivity contribution in [2.45, 2.75) is 78.0 Å². The average molecular weight is 1330 g/mol. The number of amides is 8. The van der Waals surface area contributed by atoms with Gasteiger partial charge in [-0.1, -0.05) is 63.2 Å². The van der Waals surface area contributed by atoms with Crippen LogP contribution in [0.5, 0.6) is 0 Å². The Bertz CT molecular complexity index is 2470. The summed E-state index contributed by atoms with van der Waals surface area (Å²) in [5, 5.41) is 35.5. The van der Waals surface area contributed by atoms with Gasteiger partial charge in [0.15, 0.2) is 0 Å². The molecule has 8 amide bonds. The summed E-state index contributed by atoms with van der Waals surface area (Å²) in [5.74, 6) is -1.54. The first-order valence-electron chi connectivity index (χ1n) is 28.9. The van der Waals surface area contributed by atoms with Crippen molar-refractivity contribution >= 4 is 105 Å². The average Bonchev–Trinajstić information content (AvgIpc) is 1.75. The Morgan fingerprint density at radius 2 is 1.20 bits per heavy atom. The van der Waals surface area contributed by atoms with Crippen molar-refractivity contribution < 1.29 is 71.2 Å². The van der Waals surface area contributed by atoms with Gasteiger partial charge in [0.25, 0.3) is 9.05 Å². The third-order valence-electron chi connectivity index (χ3n) is 10.6. The van der Waals surface area contributed by atoms with Gasteiger partial charge < -0.3 is 56.5 Å². The molecular weight excluding hydrogens is 1230 g/mol. The molecule has 2 heterocycles. The van der Waals surface area contributed by atoms with Crippen molar-refractivity contribution in [2.24, 2.45) is 15.5 Å². The molecular formula is C54H97B2ClN16O15S2. The van der Waals surface area contributed by atoms with Gasteiger partial charge in [0.05, 0.1) is 30.0 Å². The number of aliphatic carboxylic acids is 1. The van der Waals surface area contributed by atoms with E-state index in [1.165, 1.54) is 29.5 Å². The molecule has 2 aromatic carbocycles. The number of hydrogen-bond donors (Lipinski definition) is 11. The number of aromatic nitrogens is 1. The van der Waals surface area contributed by atoms with E-state index < -0.39 is 27.0 Å². The minimum atomic E-state index is -3.69. The predicted molar refractivity (Wildman–Crippen MR) is 350 cm³/mol. The number of hydrazine groups is 2. The fraction of sp³-hybridized carbons (Fsp3) is 0.611. The van der Waals surface area contributed by atoms with Crippen LogP contribution in [0.15, 0.2) is 68.7 Å². The molecule has 31 nitrogen and oxygen atoms in total. The molecule has 0 saturated carbocycles. The van der Waals surface area contributed by atoms with Crippen LogP contribution in [0.4, 0.5) is 24.0 Å². The number of alkyl carbamates (subject to hydrolysis) is 3. The van der Waals surface area contributed by atoms with Gasteiger partial charge in [-0.05, 0) is 118 Å². The number of thiazole rings is 1. The molecule has 1 saturated heterocycles. The van der Waals surface area contributed by atoms with Gasteiger partial charge >= 0.3 is 182 Å². The van der Waals surface area contributed by atoms with E-state index in [2.05, 4.69) is 92.0 Å². The molecule has 0 unspecified atom stereocenters. The number of carboxylic acids is 1. The number of carbonyl (C=O) groups excluding carboxylic acids is 6. The molecule has 0 spiro atoms. The van der Waals surface area contributed by atoms with E-state index in [9.17, 15) is 46.8 Å². The third-order valence-corrected chi connectivity index (χ3v) is 13.6. The summed E-state index contributed by atoms with van der Waals surface area (Å²) in [6, 6.07) is 16.5. The van der Waals surface area contributed by atoms with E-state index in [0.29, 0.717) is 77.6 Å². The molecule has 36 heteroatoms. The van der Waals surface area contributed by atoms with Crippen LogP contribution in [0, 0.1) is 0 Å². The molecule has 3 aromatic rings. The summed E-state index contributed by atoms with van der Waals surface area (Å²) in [6.45, 7) is 22.4. The number of likely N-dealkylation sites (N-methyl/N-ethyl adjacent to an activating group) is 2. The van der Waals surface area contributed by atoms with Crippen molar-refractivity contribution in [3.05, 3.63) is 60.2 Å². The van der Waals surface area contributed by atoms with E-state index in [0.717, 1.165) is 59.0 Å². The van der Waals surface area contributed by atoms with Crippen LogP contribution < -0.4 is 48.5 Å². The molecule has 12 N–H and O–H groups in total. The van der Waals surface area contributed by atoms with E-state index in [-0.39, 0.29) is 60.6 Å². The number of nitrogens with two attached hydrogens (primary N) is 1. The molecule has 0 atom stereocenters. The summed E-state index contributed by atoms with van der Waals surface area (Å²) < 4.78 is 36.5. The summed E-state index contributed by atoms with van der Waals surface area (Å²) in [7, 11) is 18.2. The van der Waals surface area contributed by atoms with Gasteiger partial charge in [-0.2, -0.15) is 0 Å². The van der Waals surface area contributed by atoms with Gasteiger partial charge in [-0.3, -0.25) is 4.79 Å². The maximum absolute atomic E-state index is 11.2. The second kappa shape index (κ2) is 60.8. The first-order valence-corrected chi connectivity index (χ1v) is 32.0. The summed E-state index contributed by atoms with van der Waals surface area (Å²) in [6.07, 6.45) is 1.15. The molecule has 508 valence electrons. The Kier molecular flexibility index (Phi) is 60.3. The maximum atomic E-state index is 11.2. The van der Waals surface area contributed by atoms with Crippen molar-refractivity contribution in [3.8, 4) is 0 Å². The van der Waals surface area contributed by atoms with Gasteiger partial charge in [0, 0.05) is 36.7 Å². The zero-order chi connectivity index (χ0) is 69.0. The van der Waals surface area contributed by atoms with Gasteiger partial charge in [0.1, 0.15) is 0 Å². The molecule has 2 radical (unpaired) electrons. The van der Waals surface area contributed by atoms with Crippen molar-refractivity contribution in [1.29, 1.82) is 0 Å². The number of carboxylic acid groups (broad SMARTS) is 2. The Balaban J connectivity index is -0.000000473. The third kappa shape index (κ3) is 53.8. The summed E-state index contributed by atoms with van der Waals surface area (Å²) >= 11 is 1.07. The number of fused-ring (bicyclic) bond motifs is 1. The molecule has 1 aliphatic rings. The second-order valence-corrected chi connectivity index (χ2v) is 21.3. The van der Waals surface area contributed by atoms with Crippen LogP contribution >= 0.6 is 22.0 Å². The predicted octanol–water partition coefficient (Wildman–Crippen LogP) is 3.35. The van der Waals surface area contributed by atoms with Gasteiger partial charge in [0.2, 0.25) is 4.34 Å². The first kappa shape index (κ1) is 89.3. The van der Waals surface area contributed by atoms with Crippen LogP contribution in [0.3, 0.4) is 0 Å². The summed E-state index contributed by atoms with van der Waals surface area (Å²) in [5.41, 5.74) is 11.3. The zero-order valence-corrected chi connectivity index (χ0v) is 56.1. The van der Waals surface area contributed by atoms with Crippen LogP contribution in [0.2, 0.25) is 0 Å². The molecule has 1 fully saturated rings. The number of nitrogens with zero attached hydrogens (tertiary/aromatic N) is 7. The van der Waals surface area contributed by atoms with E-state index >= 15 is 0 Å². The molecule has 4 rings (SSSR count). The number of urea groups is 1. The second-order valence-electron chi connectivity index (χ2n) is 17.5. The standard InChI is InChI=1S/C9H10O2.C7H4ClNO2S2.2C7H16N2O2.C6H12BN4O3.C6H10BN4O2.C6H14N2O2.C6H15N/c10-9(11)7-6-8-4-2-1-3-5-8;8-13(10,11)7-9-5-3-1-2-4-6(5)12-7;2*1-3-11-7(10)9-6-4-5-8-2;1-8-2-3-11(10-6(13)14)5(12)4-9-7;1-10-2-3-11(9-6(10)13)5(12)4-8-7;1-2-10-6(9)8-5-3-4-7;1-4-7(5-2)6-3/h1-5H,6-7H2,(H,10,11);1-4H;2*8H,3-6H2,1-2H3,(H,9,10);8,10H,2-4H2,1H3,(H,13,14);2-4H2,1H3,(H,9,13);2-5,7H2,1H3,(H,8,9);4-6H2,1-3H3. The SMILES string of the molecule is CCN(CC)CC.CCOC(=O)NCCCN.CCOC(=O)NCCCNC.CCOC(=O)NCCCNC.O=C(O)CCc1ccccc1.O=S(=O)(Cl)c1nc2ccccc2s1.[B]=NCC(=O)N(CCNC)NC(=O)O.[B]=NCC(=O)N1CCN(C)C(=O)N1. The molecule has 0 bridgehead atoms. The van der Waals surface area contributed by atoms with E-state index in [4.69, 9.17) is 41.9 Å². The monoisotopic (exact) mass is 1330 g/mol. The quantitative estimate of drug-likeness (QED) is 0.0163. The van der Waals surface area contributed by atoms with Crippen LogP contribution in [0.25, 0.3) is 10.2 Å². The number of benzene rings is 2. The van der Waals surface area contributed by atoms with Gasteiger partial charge in [-0.25, -0.2) is 27.8 Å². The Hall–Kier alpha value is -7.14. The number of hydrogen-bond acceptors (Lipinski definition) is 22. The normalized spacial score (nSPS) is 10.8. The zero-order valence-electron chi connectivity index (χ0n) is 53.7. The van der Waals surface area contributed by atoms with E-state index in [1.807, 2.05) is 55.9 Å². The van der Waals surface area contributed by atoms with Crippen molar-refractivity contribution in [3.63, 3.8) is 0 Å². The number of ether oxygens (including phenoxy) is 3. The van der Waals surface area contributed by atoms with Crippen molar-refractivity contribution in [2.75, 3.05) is 146 Å². The molecule has 0 aliphatic carbocycles.